The molecule has 0 fully saturated rings. The van der Waals surface area contributed by atoms with Crippen LogP contribution in [-0.2, 0) is 6.54 Å². The first kappa shape index (κ1) is 13.8. The van der Waals surface area contributed by atoms with Gasteiger partial charge in [0, 0.05) is 12.6 Å². The molecule has 1 amide bonds. The SMILES string of the molecule is CCOc1ccc(CNC(=O)c2ccc(=O)[nH]n2)cc1. The zero-order valence-corrected chi connectivity index (χ0v) is 11.1. The molecule has 1 aromatic heterocycles. The largest absolute Gasteiger partial charge is 0.494 e. The minimum atomic E-state index is -0.340. The van der Waals surface area contributed by atoms with E-state index in [1.807, 2.05) is 31.2 Å². The van der Waals surface area contributed by atoms with Crippen LogP contribution in [-0.4, -0.2) is 22.7 Å². The Labute approximate surface area is 115 Å². The van der Waals surface area contributed by atoms with Gasteiger partial charge in [-0.1, -0.05) is 12.1 Å². The molecule has 1 aromatic carbocycles. The summed E-state index contributed by atoms with van der Waals surface area (Å²) in [7, 11) is 0. The molecule has 6 heteroatoms. The van der Waals surface area contributed by atoms with E-state index in [9.17, 15) is 9.59 Å². The Bertz CT molecular complexity index is 614. The highest BCUT2D eigenvalue weighted by Gasteiger charge is 2.06. The second kappa shape index (κ2) is 6.51. The number of aromatic amines is 1. The van der Waals surface area contributed by atoms with Crippen LogP contribution in [0.2, 0.25) is 0 Å². The molecule has 0 aliphatic carbocycles. The molecule has 2 aromatic rings. The highest BCUT2D eigenvalue weighted by atomic mass is 16.5. The van der Waals surface area contributed by atoms with Gasteiger partial charge in [-0.25, -0.2) is 5.10 Å². The number of ether oxygens (including phenoxy) is 1. The van der Waals surface area contributed by atoms with Gasteiger partial charge in [0.15, 0.2) is 0 Å². The van der Waals surface area contributed by atoms with Crippen molar-refractivity contribution >= 4 is 5.91 Å². The minimum Gasteiger partial charge on any atom is -0.494 e. The molecule has 0 bridgehead atoms. The summed E-state index contributed by atoms with van der Waals surface area (Å²) in [5, 5.41) is 8.60. The lowest BCUT2D eigenvalue weighted by Crippen LogP contribution is -2.25. The van der Waals surface area contributed by atoms with Gasteiger partial charge in [0.25, 0.3) is 11.5 Å². The molecule has 104 valence electrons. The smallest absolute Gasteiger partial charge is 0.271 e. The predicted octanol–water partition coefficient (Wildman–Crippen LogP) is 1.10. The predicted molar refractivity (Wildman–Crippen MR) is 73.6 cm³/mol. The van der Waals surface area contributed by atoms with Crippen molar-refractivity contribution in [1.29, 1.82) is 0 Å². The van der Waals surface area contributed by atoms with E-state index >= 15 is 0 Å². The lowest BCUT2D eigenvalue weighted by molar-refractivity contribution is 0.0945. The van der Waals surface area contributed by atoms with Crippen molar-refractivity contribution in [3.8, 4) is 5.75 Å². The number of aromatic nitrogens is 2. The van der Waals surface area contributed by atoms with Crippen LogP contribution in [0.5, 0.6) is 5.75 Å². The average molecular weight is 273 g/mol. The van der Waals surface area contributed by atoms with Crippen LogP contribution in [0.15, 0.2) is 41.2 Å². The van der Waals surface area contributed by atoms with Crippen molar-refractivity contribution in [3.05, 3.63) is 58.0 Å². The van der Waals surface area contributed by atoms with Crippen molar-refractivity contribution < 1.29 is 9.53 Å². The maximum absolute atomic E-state index is 11.8. The molecule has 0 aliphatic heterocycles. The molecule has 1 heterocycles. The van der Waals surface area contributed by atoms with Crippen LogP contribution in [0.1, 0.15) is 23.0 Å². The number of hydrogen-bond acceptors (Lipinski definition) is 4. The first-order chi connectivity index (χ1) is 9.69. The first-order valence-electron chi connectivity index (χ1n) is 6.24. The summed E-state index contributed by atoms with van der Waals surface area (Å²) in [5.74, 6) is 0.458. The zero-order chi connectivity index (χ0) is 14.4. The summed E-state index contributed by atoms with van der Waals surface area (Å²) in [5.41, 5.74) is 0.787. The molecule has 0 unspecified atom stereocenters. The summed E-state index contributed by atoms with van der Waals surface area (Å²) in [6.45, 7) is 2.92. The van der Waals surface area contributed by atoms with Crippen molar-refractivity contribution in [2.75, 3.05) is 6.61 Å². The van der Waals surface area contributed by atoms with E-state index in [1.165, 1.54) is 12.1 Å². The van der Waals surface area contributed by atoms with Gasteiger partial charge in [-0.15, -0.1) is 0 Å². The molecule has 6 nitrogen and oxygen atoms in total. The Morgan fingerprint density at radius 1 is 1.25 bits per heavy atom. The molecule has 0 aliphatic rings. The average Bonchev–Trinajstić information content (AvgIpc) is 2.47. The fraction of sp³-hybridized carbons (Fsp3) is 0.214. The van der Waals surface area contributed by atoms with E-state index < -0.39 is 0 Å². The third kappa shape index (κ3) is 3.68. The third-order valence-corrected chi connectivity index (χ3v) is 2.60. The molecule has 2 N–H and O–H groups in total. The van der Waals surface area contributed by atoms with E-state index in [0.29, 0.717) is 13.2 Å². The number of benzene rings is 1. The van der Waals surface area contributed by atoms with E-state index in [1.54, 1.807) is 0 Å². The number of H-pyrrole nitrogens is 1. The van der Waals surface area contributed by atoms with E-state index in [2.05, 4.69) is 15.5 Å². The summed E-state index contributed by atoms with van der Waals surface area (Å²) in [4.78, 5) is 22.6. The third-order valence-electron chi connectivity index (χ3n) is 2.60. The van der Waals surface area contributed by atoms with E-state index in [4.69, 9.17) is 4.74 Å². The van der Waals surface area contributed by atoms with E-state index in [0.717, 1.165) is 11.3 Å². The molecular formula is C14H15N3O3. The number of rotatable bonds is 5. The number of nitrogens with zero attached hydrogens (tertiary/aromatic N) is 1. The highest BCUT2D eigenvalue weighted by molar-refractivity contribution is 5.91. The summed E-state index contributed by atoms with van der Waals surface area (Å²) in [6.07, 6.45) is 0. The fourth-order valence-corrected chi connectivity index (χ4v) is 1.61. The van der Waals surface area contributed by atoms with Gasteiger partial charge in [-0.3, -0.25) is 9.59 Å². The fourth-order valence-electron chi connectivity index (χ4n) is 1.61. The van der Waals surface area contributed by atoms with Gasteiger partial charge >= 0.3 is 0 Å². The normalized spacial score (nSPS) is 10.1. The van der Waals surface area contributed by atoms with Crippen LogP contribution in [0.3, 0.4) is 0 Å². The maximum Gasteiger partial charge on any atom is 0.271 e. The Kier molecular flexibility index (Phi) is 4.49. The summed E-state index contributed by atoms with van der Waals surface area (Å²) >= 11 is 0. The monoisotopic (exact) mass is 273 g/mol. The molecule has 2 rings (SSSR count). The van der Waals surface area contributed by atoms with Gasteiger partial charge in [-0.05, 0) is 30.7 Å². The van der Waals surface area contributed by atoms with Crippen LogP contribution in [0.25, 0.3) is 0 Å². The van der Waals surface area contributed by atoms with Crippen molar-refractivity contribution in [1.82, 2.24) is 15.5 Å². The van der Waals surface area contributed by atoms with Crippen LogP contribution < -0.4 is 15.6 Å². The number of amides is 1. The second-order valence-corrected chi connectivity index (χ2v) is 4.07. The van der Waals surface area contributed by atoms with Gasteiger partial charge in [0.05, 0.1) is 6.61 Å². The molecule has 0 saturated carbocycles. The maximum atomic E-state index is 11.8. The van der Waals surface area contributed by atoms with Crippen molar-refractivity contribution in [2.24, 2.45) is 0 Å². The number of hydrogen-bond donors (Lipinski definition) is 2. The molecule has 0 spiro atoms. The molecule has 0 radical (unpaired) electrons. The van der Waals surface area contributed by atoms with Gasteiger partial charge in [-0.2, -0.15) is 5.10 Å². The minimum absolute atomic E-state index is 0.176. The number of carbonyl (C=O) groups is 1. The molecule has 20 heavy (non-hydrogen) atoms. The summed E-state index contributed by atoms with van der Waals surface area (Å²) < 4.78 is 5.34. The first-order valence-corrected chi connectivity index (χ1v) is 6.24. The number of nitrogens with one attached hydrogen (secondary N) is 2. The Hall–Kier alpha value is -2.63. The second-order valence-electron chi connectivity index (χ2n) is 4.07. The van der Waals surface area contributed by atoms with Crippen molar-refractivity contribution in [3.63, 3.8) is 0 Å². The Balaban J connectivity index is 1.92. The highest BCUT2D eigenvalue weighted by Crippen LogP contribution is 2.11. The van der Waals surface area contributed by atoms with Gasteiger partial charge in [0.2, 0.25) is 0 Å². The zero-order valence-electron chi connectivity index (χ0n) is 11.1. The lowest BCUT2D eigenvalue weighted by atomic mass is 10.2. The van der Waals surface area contributed by atoms with E-state index in [-0.39, 0.29) is 17.2 Å². The van der Waals surface area contributed by atoms with Crippen LogP contribution in [0, 0.1) is 0 Å². The Morgan fingerprint density at radius 2 is 2.00 bits per heavy atom. The number of carbonyl (C=O) groups excluding carboxylic acids is 1. The quantitative estimate of drug-likeness (QED) is 0.854. The lowest BCUT2D eigenvalue weighted by Gasteiger charge is -2.06. The topological polar surface area (TPSA) is 84.1 Å². The standard InChI is InChI=1S/C14H15N3O3/c1-2-20-11-5-3-10(4-6-11)9-15-14(19)12-7-8-13(18)17-16-12/h3-8H,2,9H2,1H3,(H,15,19)(H,17,18). The molecule has 0 saturated heterocycles. The van der Waals surface area contributed by atoms with Gasteiger partial charge in [0.1, 0.15) is 11.4 Å². The van der Waals surface area contributed by atoms with Crippen LogP contribution >= 0.6 is 0 Å². The van der Waals surface area contributed by atoms with Crippen LogP contribution in [0.4, 0.5) is 0 Å². The molecule has 0 atom stereocenters. The Morgan fingerprint density at radius 3 is 2.60 bits per heavy atom. The van der Waals surface area contributed by atoms with Crippen molar-refractivity contribution in [2.45, 2.75) is 13.5 Å². The molecular weight excluding hydrogens is 258 g/mol. The summed E-state index contributed by atoms with van der Waals surface area (Å²) in [6, 6.07) is 10.1. The van der Waals surface area contributed by atoms with Gasteiger partial charge < -0.3 is 10.1 Å².